The Bertz CT molecular complexity index is 550. The minimum absolute atomic E-state index is 0.0303. The van der Waals surface area contributed by atoms with Crippen molar-refractivity contribution in [3.63, 3.8) is 0 Å². The van der Waals surface area contributed by atoms with Gasteiger partial charge in [-0.15, -0.1) is 0 Å². The van der Waals surface area contributed by atoms with Gasteiger partial charge < -0.3 is 5.73 Å². The normalized spacial score (nSPS) is 22.3. The lowest BCUT2D eigenvalue weighted by Gasteiger charge is -2.32. The molecule has 1 aromatic heterocycles. The molecule has 0 radical (unpaired) electrons. The molecule has 1 aromatic rings. The highest BCUT2D eigenvalue weighted by Gasteiger charge is 2.35. The van der Waals surface area contributed by atoms with Gasteiger partial charge in [-0.25, -0.2) is 8.42 Å². The monoisotopic (exact) mass is 272 g/mol. The molecule has 0 aromatic carbocycles. The Balaban J connectivity index is 2.47. The standard InChI is InChI=1S/C11H20N4O2S/c1-8-6-4-5-7-15(8)18(16,17)10-9(2)14(3)13-11(10)12/h8H,4-7H2,1-3H3,(H2,12,13). The number of aromatic nitrogens is 2. The molecule has 1 unspecified atom stereocenters. The fourth-order valence-corrected chi connectivity index (χ4v) is 4.47. The zero-order valence-corrected chi connectivity index (χ0v) is 11.9. The molecule has 1 aliphatic rings. The van der Waals surface area contributed by atoms with E-state index in [-0.39, 0.29) is 16.8 Å². The molecule has 7 heteroatoms. The van der Waals surface area contributed by atoms with Gasteiger partial charge in [-0.1, -0.05) is 6.42 Å². The fourth-order valence-electron chi connectivity index (χ4n) is 2.48. The topological polar surface area (TPSA) is 81.2 Å². The Morgan fingerprint density at radius 1 is 1.39 bits per heavy atom. The van der Waals surface area contributed by atoms with Crippen LogP contribution in [0.15, 0.2) is 4.90 Å². The molecular weight excluding hydrogens is 252 g/mol. The number of aryl methyl sites for hydroxylation is 1. The quantitative estimate of drug-likeness (QED) is 0.866. The first-order chi connectivity index (χ1) is 8.35. The molecule has 1 atom stereocenters. The molecule has 2 heterocycles. The smallest absolute Gasteiger partial charge is 0.248 e. The van der Waals surface area contributed by atoms with Crippen LogP contribution in [0.4, 0.5) is 5.82 Å². The summed E-state index contributed by atoms with van der Waals surface area (Å²) in [5.74, 6) is 0.0905. The number of piperidine rings is 1. The Hall–Kier alpha value is -1.08. The Kier molecular flexibility index (Phi) is 3.37. The van der Waals surface area contributed by atoms with Crippen molar-refractivity contribution in [2.24, 2.45) is 7.05 Å². The van der Waals surface area contributed by atoms with Gasteiger partial charge in [-0.2, -0.15) is 9.40 Å². The lowest BCUT2D eigenvalue weighted by atomic mass is 10.1. The number of anilines is 1. The van der Waals surface area contributed by atoms with Crippen LogP contribution in [0.2, 0.25) is 0 Å². The third-order valence-corrected chi connectivity index (χ3v) is 5.79. The molecule has 1 aliphatic heterocycles. The van der Waals surface area contributed by atoms with Crippen LogP contribution in [0.3, 0.4) is 0 Å². The highest BCUT2D eigenvalue weighted by molar-refractivity contribution is 7.89. The van der Waals surface area contributed by atoms with Gasteiger partial charge in [0.2, 0.25) is 10.0 Å². The second-order valence-electron chi connectivity index (χ2n) is 4.88. The van der Waals surface area contributed by atoms with Crippen molar-refractivity contribution in [1.29, 1.82) is 0 Å². The van der Waals surface area contributed by atoms with Crippen LogP contribution in [0.25, 0.3) is 0 Å². The first-order valence-corrected chi connectivity index (χ1v) is 7.60. The van der Waals surface area contributed by atoms with E-state index >= 15 is 0 Å². The van der Waals surface area contributed by atoms with E-state index in [1.165, 1.54) is 4.68 Å². The van der Waals surface area contributed by atoms with Gasteiger partial charge in [0.1, 0.15) is 4.90 Å². The number of nitrogen functional groups attached to an aromatic ring is 1. The maximum absolute atomic E-state index is 12.6. The number of hydrogen-bond acceptors (Lipinski definition) is 4. The van der Waals surface area contributed by atoms with Crippen molar-refractivity contribution < 1.29 is 8.42 Å². The third kappa shape index (κ3) is 2.01. The van der Waals surface area contributed by atoms with Gasteiger partial charge in [-0.3, -0.25) is 4.68 Å². The molecule has 0 spiro atoms. The van der Waals surface area contributed by atoms with Crippen molar-refractivity contribution in [1.82, 2.24) is 14.1 Å². The first kappa shape index (κ1) is 13.4. The molecule has 18 heavy (non-hydrogen) atoms. The average molecular weight is 272 g/mol. The van der Waals surface area contributed by atoms with E-state index in [2.05, 4.69) is 5.10 Å². The lowest BCUT2D eigenvalue weighted by molar-refractivity contribution is 0.268. The molecule has 1 fully saturated rings. The first-order valence-electron chi connectivity index (χ1n) is 6.16. The summed E-state index contributed by atoms with van der Waals surface area (Å²) in [6, 6.07) is 0.0303. The summed E-state index contributed by atoms with van der Waals surface area (Å²) in [5, 5.41) is 3.99. The number of sulfonamides is 1. The highest BCUT2D eigenvalue weighted by atomic mass is 32.2. The van der Waals surface area contributed by atoms with Crippen LogP contribution in [0.5, 0.6) is 0 Å². The minimum Gasteiger partial charge on any atom is -0.381 e. The molecule has 2 N–H and O–H groups in total. The van der Waals surface area contributed by atoms with E-state index in [1.54, 1.807) is 18.3 Å². The number of hydrogen-bond donors (Lipinski definition) is 1. The van der Waals surface area contributed by atoms with Gasteiger partial charge in [0.15, 0.2) is 5.82 Å². The number of nitrogens with two attached hydrogens (primary N) is 1. The summed E-state index contributed by atoms with van der Waals surface area (Å²) in [5.41, 5.74) is 6.33. The van der Waals surface area contributed by atoms with Crippen molar-refractivity contribution in [2.75, 3.05) is 12.3 Å². The van der Waals surface area contributed by atoms with Gasteiger partial charge in [0.05, 0.1) is 5.69 Å². The predicted molar refractivity (Wildman–Crippen MR) is 69.6 cm³/mol. The number of nitrogens with zero attached hydrogens (tertiary/aromatic N) is 3. The lowest BCUT2D eigenvalue weighted by Crippen LogP contribution is -2.42. The van der Waals surface area contributed by atoms with E-state index in [1.807, 2.05) is 6.92 Å². The predicted octanol–water partition coefficient (Wildman–Crippen LogP) is 0.874. The second kappa shape index (κ2) is 4.55. The van der Waals surface area contributed by atoms with Crippen molar-refractivity contribution in [3.05, 3.63) is 5.69 Å². The zero-order valence-electron chi connectivity index (χ0n) is 11.0. The largest absolute Gasteiger partial charge is 0.381 e. The maximum Gasteiger partial charge on any atom is 0.248 e. The molecule has 102 valence electrons. The van der Waals surface area contributed by atoms with Crippen LogP contribution in [0.1, 0.15) is 31.9 Å². The van der Waals surface area contributed by atoms with Crippen LogP contribution in [-0.4, -0.2) is 35.1 Å². The van der Waals surface area contributed by atoms with E-state index in [4.69, 9.17) is 5.73 Å². The van der Waals surface area contributed by atoms with Crippen LogP contribution in [0, 0.1) is 6.92 Å². The van der Waals surface area contributed by atoms with Gasteiger partial charge >= 0.3 is 0 Å². The van der Waals surface area contributed by atoms with Crippen LogP contribution in [-0.2, 0) is 17.1 Å². The third-order valence-electron chi connectivity index (χ3n) is 3.61. The second-order valence-corrected chi connectivity index (χ2v) is 6.71. The summed E-state index contributed by atoms with van der Waals surface area (Å²) in [6.07, 6.45) is 2.88. The number of rotatable bonds is 2. The summed E-state index contributed by atoms with van der Waals surface area (Å²) in [7, 11) is -1.83. The van der Waals surface area contributed by atoms with Crippen LogP contribution >= 0.6 is 0 Å². The van der Waals surface area contributed by atoms with E-state index in [9.17, 15) is 8.42 Å². The fraction of sp³-hybridized carbons (Fsp3) is 0.727. The minimum atomic E-state index is -3.53. The van der Waals surface area contributed by atoms with E-state index in [0.29, 0.717) is 12.2 Å². The van der Waals surface area contributed by atoms with Gasteiger partial charge in [0, 0.05) is 19.6 Å². The highest BCUT2D eigenvalue weighted by Crippen LogP contribution is 2.29. The average Bonchev–Trinajstić information content (AvgIpc) is 2.53. The van der Waals surface area contributed by atoms with Gasteiger partial charge in [-0.05, 0) is 26.7 Å². The summed E-state index contributed by atoms with van der Waals surface area (Å²) in [6.45, 7) is 4.24. The van der Waals surface area contributed by atoms with Crippen molar-refractivity contribution in [2.45, 2.75) is 44.0 Å². The Morgan fingerprint density at radius 3 is 2.56 bits per heavy atom. The van der Waals surface area contributed by atoms with E-state index < -0.39 is 10.0 Å². The van der Waals surface area contributed by atoms with Crippen molar-refractivity contribution >= 4 is 15.8 Å². The molecule has 1 saturated heterocycles. The van der Waals surface area contributed by atoms with E-state index in [0.717, 1.165) is 19.3 Å². The molecule has 2 rings (SSSR count). The summed E-state index contributed by atoms with van der Waals surface area (Å²) < 4.78 is 28.4. The summed E-state index contributed by atoms with van der Waals surface area (Å²) in [4.78, 5) is 0.166. The molecular formula is C11H20N4O2S. The SMILES string of the molecule is Cc1c(S(=O)(=O)N2CCCCC2C)c(N)nn1C. The molecule has 0 saturated carbocycles. The zero-order chi connectivity index (χ0) is 13.5. The summed E-state index contributed by atoms with van der Waals surface area (Å²) >= 11 is 0. The van der Waals surface area contributed by atoms with Crippen LogP contribution < -0.4 is 5.73 Å². The van der Waals surface area contributed by atoms with Crippen molar-refractivity contribution in [3.8, 4) is 0 Å². The molecule has 0 amide bonds. The maximum atomic E-state index is 12.6. The molecule has 0 aliphatic carbocycles. The molecule has 0 bridgehead atoms. The Labute approximate surface area is 108 Å². The Morgan fingerprint density at radius 2 is 2.06 bits per heavy atom. The van der Waals surface area contributed by atoms with Gasteiger partial charge in [0.25, 0.3) is 0 Å². The molecule has 6 nitrogen and oxygen atoms in total.